The van der Waals surface area contributed by atoms with Gasteiger partial charge in [-0.05, 0) is 68.0 Å². The highest BCUT2D eigenvalue weighted by atomic mass is 35.5. The normalized spacial score (nSPS) is 15.8. The van der Waals surface area contributed by atoms with E-state index in [9.17, 15) is 9.59 Å². The molecule has 0 radical (unpaired) electrons. The maximum absolute atomic E-state index is 13.8. The highest BCUT2D eigenvalue weighted by Crippen LogP contribution is 2.40. The summed E-state index contributed by atoms with van der Waals surface area (Å²) in [5.74, 6) is 1.45. The molecule has 0 bridgehead atoms. The molecule has 1 saturated heterocycles. The number of thioether (sulfide) groups is 1. The van der Waals surface area contributed by atoms with Crippen molar-refractivity contribution >= 4 is 41.2 Å². The number of amides is 1. The van der Waals surface area contributed by atoms with E-state index in [1.54, 1.807) is 10.7 Å². The van der Waals surface area contributed by atoms with Gasteiger partial charge in [-0.2, -0.15) is 4.98 Å². The smallest absolute Gasteiger partial charge is 0.338 e. The standard InChI is InChI=1S/C36H38ClN5O5S/c1-3-45-30-20-26(16-17-29(30)46-22-31(43)41-18-10-5-11-19-41)33-32(34(44)47-21-25-12-6-4-7-13-25)24(2)38-35-39-36(40-42(33)35)48-23-27-14-8-9-15-28(27)37/h4,6-9,12-17,20,33H,3,5,10-11,18-19,21-23H2,1-2H3,(H,38,39,40). The zero-order valence-corrected chi connectivity index (χ0v) is 28.6. The van der Waals surface area contributed by atoms with E-state index in [4.69, 9.17) is 35.9 Å². The van der Waals surface area contributed by atoms with Crippen LogP contribution in [0.5, 0.6) is 11.5 Å². The van der Waals surface area contributed by atoms with Gasteiger partial charge in [0.25, 0.3) is 5.91 Å². The summed E-state index contributed by atoms with van der Waals surface area (Å²) in [4.78, 5) is 33.3. The quantitative estimate of drug-likeness (QED) is 0.124. The third-order valence-corrected chi connectivity index (χ3v) is 9.48. The minimum absolute atomic E-state index is 0.0457. The Kier molecular flexibility index (Phi) is 10.9. The molecule has 2 aliphatic heterocycles. The first-order valence-electron chi connectivity index (χ1n) is 16.1. The number of halogens is 1. The second-order valence-electron chi connectivity index (χ2n) is 11.5. The maximum atomic E-state index is 13.8. The summed E-state index contributed by atoms with van der Waals surface area (Å²) in [6.07, 6.45) is 3.16. The number of benzene rings is 3. The summed E-state index contributed by atoms with van der Waals surface area (Å²) in [5, 5.41) is 9.31. The fourth-order valence-electron chi connectivity index (χ4n) is 5.78. The summed E-state index contributed by atoms with van der Waals surface area (Å²) < 4.78 is 19.6. The number of allylic oxidation sites excluding steroid dienone is 1. The molecule has 0 aliphatic carbocycles. The van der Waals surface area contributed by atoms with Crippen molar-refractivity contribution in [1.82, 2.24) is 19.7 Å². The molecular formula is C36H38ClN5O5S. The Balaban J connectivity index is 1.30. The topological polar surface area (TPSA) is 108 Å². The lowest BCUT2D eigenvalue weighted by atomic mass is 9.95. The molecule has 48 heavy (non-hydrogen) atoms. The Hall–Kier alpha value is -4.48. The van der Waals surface area contributed by atoms with Crippen molar-refractivity contribution in [2.75, 3.05) is 31.6 Å². The third-order valence-electron chi connectivity index (χ3n) is 8.22. The molecule has 1 atom stereocenters. The maximum Gasteiger partial charge on any atom is 0.338 e. The lowest BCUT2D eigenvalue weighted by Crippen LogP contribution is -2.38. The van der Waals surface area contributed by atoms with Gasteiger partial charge in [-0.1, -0.05) is 78.0 Å². The van der Waals surface area contributed by atoms with Crippen LogP contribution in [0.4, 0.5) is 5.95 Å². The molecule has 12 heteroatoms. The van der Waals surface area contributed by atoms with Gasteiger partial charge >= 0.3 is 5.97 Å². The zero-order valence-electron chi connectivity index (χ0n) is 27.0. The molecule has 1 fully saturated rings. The molecule has 1 unspecified atom stereocenters. The highest BCUT2D eigenvalue weighted by Gasteiger charge is 2.36. The summed E-state index contributed by atoms with van der Waals surface area (Å²) in [5.41, 5.74) is 3.56. The van der Waals surface area contributed by atoms with E-state index < -0.39 is 12.0 Å². The van der Waals surface area contributed by atoms with Crippen LogP contribution in [0.3, 0.4) is 0 Å². The lowest BCUT2D eigenvalue weighted by molar-refractivity contribution is -0.141. The number of nitrogens with zero attached hydrogens (tertiary/aromatic N) is 4. The largest absolute Gasteiger partial charge is 0.490 e. The van der Waals surface area contributed by atoms with E-state index >= 15 is 0 Å². The van der Waals surface area contributed by atoms with Crippen molar-refractivity contribution in [3.63, 3.8) is 0 Å². The van der Waals surface area contributed by atoms with Gasteiger partial charge in [-0.15, -0.1) is 5.10 Å². The second-order valence-corrected chi connectivity index (χ2v) is 12.9. The Bertz CT molecular complexity index is 1790. The van der Waals surface area contributed by atoms with Crippen LogP contribution in [-0.2, 0) is 26.7 Å². The molecule has 10 nitrogen and oxygen atoms in total. The van der Waals surface area contributed by atoms with Crippen molar-refractivity contribution in [3.05, 3.63) is 106 Å². The molecule has 1 aromatic heterocycles. The summed E-state index contributed by atoms with van der Waals surface area (Å²) in [7, 11) is 0. The number of carbonyl (C=O) groups is 2. The average molecular weight is 688 g/mol. The fraction of sp³-hybridized carbons (Fsp3) is 0.333. The van der Waals surface area contributed by atoms with Gasteiger partial charge in [-0.3, -0.25) is 4.79 Å². The van der Waals surface area contributed by atoms with Gasteiger partial charge in [0.1, 0.15) is 12.6 Å². The Morgan fingerprint density at radius 3 is 2.52 bits per heavy atom. The number of hydrogen-bond acceptors (Lipinski definition) is 9. The second kappa shape index (κ2) is 15.6. The number of likely N-dealkylation sites (tertiary alicyclic amines) is 1. The van der Waals surface area contributed by atoms with Crippen LogP contribution in [0.25, 0.3) is 0 Å². The van der Waals surface area contributed by atoms with Gasteiger partial charge in [0.05, 0.1) is 12.2 Å². The average Bonchev–Trinajstić information content (AvgIpc) is 3.52. The molecule has 250 valence electrons. The van der Waals surface area contributed by atoms with Crippen molar-refractivity contribution in [2.24, 2.45) is 0 Å². The summed E-state index contributed by atoms with van der Waals surface area (Å²) >= 11 is 7.85. The van der Waals surface area contributed by atoms with Gasteiger partial charge in [0.15, 0.2) is 18.1 Å². The number of nitrogens with one attached hydrogen (secondary N) is 1. The number of ether oxygens (including phenoxy) is 3. The first-order chi connectivity index (χ1) is 23.4. The number of hydrogen-bond donors (Lipinski definition) is 1. The fourth-order valence-corrected chi connectivity index (χ4v) is 6.89. The number of aromatic nitrogens is 3. The van der Waals surface area contributed by atoms with Gasteiger partial charge < -0.3 is 24.4 Å². The van der Waals surface area contributed by atoms with Crippen LogP contribution < -0.4 is 14.8 Å². The molecule has 3 aromatic carbocycles. The molecular weight excluding hydrogens is 650 g/mol. The van der Waals surface area contributed by atoms with Crippen LogP contribution in [0, 0.1) is 0 Å². The molecule has 3 heterocycles. The van der Waals surface area contributed by atoms with Crippen LogP contribution in [0.1, 0.15) is 55.8 Å². The van der Waals surface area contributed by atoms with E-state index in [2.05, 4.69) is 5.32 Å². The Morgan fingerprint density at radius 1 is 0.979 bits per heavy atom. The third kappa shape index (κ3) is 7.79. The Labute approximate surface area is 289 Å². The summed E-state index contributed by atoms with van der Waals surface area (Å²) in [6.45, 7) is 5.63. The molecule has 6 rings (SSSR count). The molecule has 1 amide bonds. The first kappa shape index (κ1) is 33.4. The SMILES string of the molecule is CCOc1cc(C2C(C(=O)OCc3ccccc3)=C(C)Nc3nc(SCc4ccccc4Cl)nn32)ccc1OCC(=O)N1CCCCC1. The van der Waals surface area contributed by atoms with E-state index in [0.717, 1.165) is 49.0 Å². The number of rotatable bonds is 12. The van der Waals surface area contributed by atoms with Gasteiger partial charge in [-0.25, -0.2) is 9.48 Å². The molecule has 0 spiro atoms. The number of carbonyl (C=O) groups excluding carboxylic acids is 2. The van der Waals surface area contributed by atoms with Crippen molar-refractivity contribution in [1.29, 1.82) is 0 Å². The van der Waals surface area contributed by atoms with Gasteiger partial charge in [0, 0.05) is 29.6 Å². The van der Waals surface area contributed by atoms with Crippen LogP contribution >= 0.6 is 23.4 Å². The monoisotopic (exact) mass is 687 g/mol. The van der Waals surface area contributed by atoms with E-state index in [1.807, 2.05) is 85.5 Å². The zero-order chi connectivity index (χ0) is 33.5. The molecule has 0 saturated carbocycles. The van der Waals surface area contributed by atoms with Crippen LogP contribution in [-0.4, -0.2) is 57.8 Å². The number of esters is 1. The predicted molar refractivity (Wildman–Crippen MR) is 185 cm³/mol. The highest BCUT2D eigenvalue weighted by molar-refractivity contribution is 7.98. The first-order valence-corrected chi connectivity index (χ1v) is 17.5. The van der Waals surface area contributed by atoms with Crippen molar-refractivity contribution < 1.29 is 23.8 Å². The van der Waals surface area contributed by atoms with E-state index in [1.165, 1.54) is 11.8 Å². The van der Waals surface area contributed by atoms with Crippen LogP contribution in [0.15, 0.2) is 89.2 Å². The minimum atomic E-state index is -0.685. The number of fused-ring (bicyclic) bond motifs is 1. The summed E-state index contributed by atoms with van der Waals surface area (Å²) in [6, 6.07) is 22.0. The molecule has 1 N–H and O–H groups in total. The Morgan fingerprint density at radius 2 is 1.75 bits per heavy atom. The number of piperidine rings is 1. The predicted octanol–water partition coefficient (Wildman–Crippen LogP) is 7.05. The van der Waals surface area contributed by atoms with Crippen molar-refractivity contribution in [2.45, 2.75) is 56.7 Å². The van der Waals surface area contributed by atoms with Crippen molar-refractivity contribution in [3.8, 4) is 11.5 Å². The minimum Gasteiger partial charge on any atom is -0.490 e. The van der Waals surface area contributed by atoms with Crippen LogP contribution in [0.2, 0.25) is 5.02 Å². The lowest BCUT2D eigenvalue weighted by Gasteiger charge is -2.29. The van der Waals surface area contributed by atoms with E-state index in [-0.39, 0.29) is 19.1 Å². The van der Waals surface area contributed by atoms with E-state index in [0.29, 0.717) is 51.3 Å². The molecule has 2 aliphatic rings. The van der Waals surface area contributed by atoms with Gasteiger partial charge in [0.2, 0.25) is 11.1 Å². The number of anilines is 1. The molecule has 4 aromatic rings.